The van der Waals surface area contributed by atoms with Gasteiger partial charge in [-0.1, -0.05) is 48.9 Å². The predicted octanol–water partition coefficient (Wildman–Crippen LogP) is 5.10. The number of carbonyl (C=O) groups excluding carboxylic acids is 1. The molecule has 4 saturated carbocycles. The van der Waals surface area contributed by atoms with E-state index in [9.17, 15) is 4.79 Å². The summed E-state index contributed by atoms with van der Waals surface area (Å²) in [5, 5.41) is 3.48. The SMILES string of the molecule is CC/C=C1\C2CCC3C(C(=O)NC4CCC(N)CC4)CC1CC3(c1ccccc1)C2. The van der Waals surface area contributed by atoms with Gasteiger partial charge in [0.2, 0.25) is 5.91 Å². The van der Waals surface area contributed by atoms with Crippen LogP contribution in [0.1, 0.15) is 76.7 Å². The molecule has 5 unspecified atom stereocenters. The third kappa shape index (κ3) is 3.43. The molecule has 4 fully saturated rings. The van der Waals surface area contributed by atoms with Gasteiger partial charge in [0.15, 0.2) is 0 Å². The number of amides is 1. The first-order valence-corrected chi connectivity index (χ1v) is 12.4. The van der Waals surface area contributed by atoms with Crippen molar-refractivity contribution in [3.8, 4) is 0 Å². The molecule has 162 valence electrons. The zero-order chi connectivity index (χ0) is 20.7. The minimum atomic E-state index is 0.154. The van der Waals surface area contributed by atoms with Crippen molar-refractivity contribution >= 4 is 5.91 Å². The number of hydrogen-bond donors (Lipinski definition) is 2. The highest BCUT2D eigenvalue weighted by Gasteiger charge is 2.58. The molecule has 0 radical (unpaired) electrons. The van der Waals surface area contributed by atoms with Crippen molar-refractivity contribution in [3.63, 3.8) is 0 Å². The van der Waals surface area contributed by atoms with Crippen LogP contribution in [0.4, 0.5) is 0 Å². The molecule has 5 atom stereocenters. The predicted molar refractivity (Wildman–Crippen MR) is 122 cm³/mol. The fourth-order valence-corrected chi connectivity index (χ4v) is 7.69. The molecule has 3 nitrogen and oxygen atoms in total. The van der Waals surface area contributed by atoms with E-state index in [1.807, 2.05) is 0 Å². The van der Waals surface area contributed by atoms with Gasteiger partial charge >= 0.3 is 0 Å². The summed E-state index contributed by atoms with van der Waals surface area (Å²) in [4.78, 5) is 13.6. The second kappa shape index (κ2) is 8.15. The summed E-state index contributed by atoms with van der Waals surface area (Å²) < 4.78 is 0. The average molecular weight is 407 g/mol. The summed E-state index contributed by atoms with van der Waals surface area (Å²) in [5.74, 6) is 2.28. The Balaban J connectivity index is 1.46. The molecular weight excluding hydrogens is 368 g/mol. The van der Waals surface area contributed by atoms with Gasteiger partial charge in [-0.15, -0.1) is 0 Å². The Kier molecular flexibility index (Phi) is 5.51. The minimum Gasteiger partial charge on any atom is -0.353 e. The van der Waals surface area contributed by atoms with Gasteiger partial charge in [-0.2, -0.15) is 0 Å². The lowest BCUT2D eigenvalue weighted by atomic mass is 9.43. The lowest BCUT2D eigenvalue weighted by molar-refractivity contribution is -0.134. The Morgan fingerprint density at radius 3 is 2.53 bits per heavy atom. The zero-order valence-corrected chi connectivity index (χ0v) is 18.5. The summed E-state index contributed by atoms with van der Waals surface area (Å²) >= 11 is 0. The highest BCUT2D eigenvalue weighted by molar-refractivity contribution is 5.80. The van der Waals surface area contributed by atoms with E-state index in [1.54, 1.807) is 5.57 Å². The van der Waals surface area contributed by atoms with E-state index in [0.717, 1.165) is 44.4 Å². The van der Waals surface area contributed by atoms with Crippen molar-refractivity contribution in [1.82, 2.24) is 5.32 Å². The second-order valence-corrected chi connectivity index (χ2v) is 10.6. The van der Waals surface area contributed by atoms with Crippen LogP contribution in [-0.2, 0) is 10.2 Å². The molecule has 4 aliphatic carbocycles. The molecule has 1 amide bonds. The number of fused-ring (bicyclic) bond motifs is 2. The van der Waals surface area contributed by atoms with E-state index in [2.05, 4.69) is 48.6 Å². The van der Waals surface area contributed by atoms with Crippen LogP contribution < -0.4 is 11.1 Å². The third-order valence-corrected chi connectivity index (χ3v) is 8.97. The van der Waals surface area contributed by atoms with Crippen LogP contribution in [0, 0.1) is 23.7 Å². The normalized spacial score (nSPS) is 41.6. The maximum Gasteiger partial charge on any atom is 0.223 e. The second-order valence-electron chi connectivity index (χ2n) is 10.6. The van der Waals surface area contributed by atoms with Crippen LogP contribution in [0.25, 0.3) is 0 Å². The lowest BCUT2D eigenvalue weighted by Crippen LogP contribution is -2.57. The van der Waals surface area contributed by atoms with Crippen LogP contribution in [-0.4, -0.2) is 18.0 Å². The summed E-state index contributed by atoms with van der Waals surface area (Å²) in [5.41, 5.74) is 9.45. The minimum absolute atomic E-state index is 0.154. The van der Waals surface area contributed by atoms with E-state index in [1.165, 1.54) is 31.2 Å². The van der Waals surface area contributed by atoms with Crippen molar-refractivity contribution < 1.29 is 4.79 Å². The van der Waals surface area contributed by atoms with Crippen LogP contribution >= 0.6 is 0 Å². The fourth-order valence-electron chi connectivity index (χ4n) is 7.69. The molecule has 30 heavy (non-hydrogen) atoms. The van der Waals surface area contributed by atoms with Gasteiger partial charge in [-0.3, -0.25) is 4.79 Å². The molecule has 0 saturated heterocycles. The third-order valence-electron chi connectivity index (χ3n) is 8.97. The molecule has 4 aliphatic rings. The van der Waals surface area contributed by atoms with E-state index in [4.69, 9.17) is 5.73 Å². The molecule has 0 aliphatic heterocycles. The van der Waals surface area contributed by atoms with Crippen LogP contribution in [0.15, 0.2) is 42.0 Å². The van der Waals surface area contributed by atoms with Crippen LogP contribution in [0.2, 0.25) is 0 Å². The van der Waals surface area contributed by atoms with Crippen molar-refractivity contribution in [2.45, 2.75) is 88.6 Å². The molecule has 3 N–H and O–H groups in total. The number of hydrogen-bond acceptors (Lipinski definition) is 2. The Bertz CT molecular complexity index is 790. The van der Waals surface area contributed by atoms with Gasteiger partial charge in [0.05, 0.1) is 0 Å². The zero-order valence-electron chi connectivity index (χ0n) is 18.5. The molecule has 0 spiro atoms. The van der Waals surface area contributed by atoms with Crippen molar-refractivity contribution in [1.29, 1.82) is 0 Å². The van der Waals surface area contributed by atoms with Gasteiger partial charge in [-0.05, 0) is 87.5 Å². The average Bonchev–Trinajstić information content (AvgIpc) is 2.77. The first kappa shape index (κ1) is 20.3. The van der Waals surface area contributed by atoms with E-state index in [0.29, 0.717) is 29.8 Å². The summed E-state index contributed by atoms with van der Waals surface area (Å²) in [6.45, 7) is 2.26. The molecule has 3 heteroatoms. The number of allylic oxidation sites excluding steroid dienone is 2. The number of nitrogens with two attached hydrogens (primary N) is 1. The maximum atomic E-state index is 13.6. The first-order valence-electron chi connectivity index (χ1n) is 12.4. The number of nitrogens with one attached hydrogen (secondary N) is 1. The van der Waals surface area contributed by atoms with Crippen LogP contribution in [0.5, 0.6) is 0 Å². The highest BCUT2D eigenvalue weighted by Crippen LogP contribution is 2.64. The number of rotatable bonds is 4. The van der Waals surface area contributed by atoms with Crippen molar-refractivity contribution in [2.24, 2.45) is 29.4 Å². The quantitative estimate of drug-likeness (QED) is 0.683. The molecule has 1 aromatic rings. The molecule has 3 bridgehead atoms. The van der Waals surface area contributed by atoms with Crippen LogP contribution in [0.3, 0.4) is 0 Å². The van der Waals surface area contributed by atoms with Gasteiger partial charge in [0, 0.05) is 23.4 Å². The molecule has 0 heterocycles. The molecule has 0 aromatic heterocycles. The number of benzene rings is 1. The summed E-state index contributed by atoms with van der Waals surface area (Å²) in [6.07, 6.45) is 13.8. The van der Waals surface area contributed by atoms with Gasteiger partial charge in [-0.25, -0.2) is 0 Å². The number of carbonyl (C=O) groups is 1. The van der Waals surface area contributed by atoms with E-state index >= 15 is 0 Å². The molecular formula is C27H38N2O. The summed E-state index contributed by atoms with van der Waals surface area (Å²) in [6, 6.07) is 11.8. The monoisotopic (exact) mass is 406 g/mol. The lowest BCUT2D eigenvalue weighted by Gasteiger charge is -2.60. The van der Waals surface area contributed by atoms with Gasteiger partial charge < -0.3 is 11.1 Å². The molecule has 1 aromatic carbocycles. The Hall–Kier alpha value is -1.61. The first-order chi connectivity index (χ1) is 14.6. The Labute approximate surface area is 181 Å². The fraction of sp³-hybridized carbons (Fsp3) is 0.667. The smallest absolute Gasteiger partial charge is 0.223 e. The van der Waals surface area contributed by atoms with Crippen molar-refractivity contribution in [3.05, 3.63) is 47.5 Å². The van der Waals surface area contributed by atoms with Gasteiger partial charge in [0.1, 0.15) is 0 Å². The topological polar surface area (TPSA) is 55.1 Å². The summed E-state index contributed by atoms with van der Waals surface area (Å²) in [7, 11) is 0. The maximum absolute atomic E-state index is 13.6. The Morgan fingerprint density at radius 1 is 1.07 bits per heavy atom. The van der Waals surface area contributed by atoms with E-state index in [-0.39, 0.29) is 11.3 Å². The van der Waals surface area contributed by atoms with Crippen molar-refractivity contribution in [2.75, 3.05) is 0 Å². The van der Waals surface area contributed by atoms with E-state index < -0.39 is 0 Å². The van der Waals surface area contributed by atoms with Gasteiger partial charge in [0.25, 0.3) is 0 Å². The largest absolute Gasteiger partial charge is 0.353 e. The molecule has 5 rings (SSSR count). The standard InChI is InChI=1S/C27H38N2O/c1-2-6-23-18-9-14-25-24(26(30)29-22-12-10-21(28)11-13-22)15-19(23)17-27(25,16-18)20-7-4-3-5-8-20/h3-8,18-19,21-22,24-25H,2,9-17,28H2,1H3,(H,29,30)/b23-6+. The Morgan fingerprint density at radius 2 is 1.80 bits per heavy atom. The highest BCUT2D eigenvalue weighted by atomic mass is 16.2.